The van der Waals surface area contributed by atoms with Crippen LogP contribution in [-0.2, 0) is 4.79 Å². The van der Waals surface area contributed by atoms with Crippen molar-refractivity contribution < 1.29 is 9.53 Å². The van der Waals surface area contributed by atoms with E-state index in [1.165, 1.54) is 64.2 Å². The molecule has 2 unspecified atom stereocenters. The van der Waals surface area contributed by atoms with Gasteiger partial charge in [-0.25, -0.2) is 4.98 Å². The fraction of sp³-hybridized carbons (Fsp3) is 0.710. The molecule has 4 heteroatoms. The van der Waals surface area contributed by atoms with E-state index >= 15 is 0 Å². The second-order valence-corrected chi connectivity index (χ2v) is 12.5. The third kappa shape index (κ3) is 4.09. The van der Waals surface area contributed by atoms with Crippen LogP contribution in [0, 0.1) is 46.8 Å². The minimum absolute atomic E-state index is 0.118. The third-order valence-corrected chi connectivity index (χ3v) is 11.1. The summed E-state index contributed by atoms with van der Waals surface area (Å²) in [5, 5.41) is 0.997. The first-order chi connectivity index (χ1) is 17.1. The number of Topliss-reactive ketones (excluding diaryl/α,β-unsaturated/α-hetero) is 1. The van der Waals surface area contributed by atoms with Crippen LogP contribution in [0.25, 0.3) is 10.9 Å². The maximum Gasteiger partial charge on any atom is 0.240 e. The highest BCUT2D eigenvalue weighted by Gasteiger charge is 2.56. The van der Waals surface area contributed by atoms with E-state index in [-0.39, 0.29) is 23.7 Å². The van der Waals surface area contributed by atoms with Crippen LogP contribution in [0.5, 0.6) is 5.88 Å². The average Bonchev–Trinajstić information content (AvgIpc) is 2.90. The van der Waals surface area contributed by atoms with Crippen LogP contribution in [0.3, 0.4) is 0 Å². The van der Waals surface area contributed by atoms with Crippen molar-refractivity contribution in [2.24, 2.45) is 46.8 Å². The zero-order valence-electron chi connectivity index (χ0n) is 21.6. The van der Waals surface area contributed by atoms with Crippen molar-refractivity contribution in [3.05, 3.63) is 30.6 Å². The van der Waals surface area contributed by atoms with Crippen molar-refractivity contribution in [3.63, 3.8) is 0 Å². The van der Waals surface area contributed by atoms with Crippen LogP contribution >= 0.6 is 0 Å². The molecule has 4 aliphatic rings. The van der Waals surface area contributed by atoms with Crippen molar-refractivity contribution >= 4 is 16.7 Å². The fourth-order valence-corrected chi connectivity index (χ4v) is 9.37. The van der Waals surface area contributed by atoms with Crippen LogP contribution in [-0.4, -0.2) is 22.4 Å². The zero-order valence-corrected chi connectivity index (χ0v) is 21.6. The highest BCUT2D eigenvalue weighted by atomic mass is 16.5. The fourth-order valence-electron chi connectivity index (χ4n) is 9.37. The number of carbonyl (C=O) groups is 1. The highest BCUT2D eigenvalue weighted by Crippen LogP contribution is 2.63. The van der Waals surface area contributed by atoms with Crippen molar-refractivity contribution in [1.29, 1.82) is 0 Å². The van der Waals surface area contributed by atoms with Gasteiger partial charge in [0.25, 0.3) is 0 Å². The minimum atomic E-state index is 0.118. The molecule has 0 aliphatic heterocycles. The number of hydrogen-bond donors (Lipinski definition) is 0. The smallest absolute Gasteiger partial charge is 0.240 e. The molecule has 4 saturated carbocycles. The number of aromatic nitrogens is 2. The molecule has 4 fully saturated rings. The summed E-state index contributed by atoms with van der Waals surface area (Å²) in [6.45, 7) is 4.97. The van der Waals surface area contributed by atoms with Gasteiger partial charge < -0.3 is 4.74 Å². The standard InChI is InChI=1S/C31H42N2O2/c1-3-20-9-11-23-22(18-20)10-12-25-24(23)13-15-31(2)26(25)7-4-8-27(31)28(34)19-35-30-29-21(14-17-33-30)6-5-16-32-29/h5-6,14,16-17,20,22-27H,3-4,7-13,15,18-19H2,1-2H3/t20-,22+,23-,24?,25+,26?,27+,31-/m0/s1. The summed E-state index contributed by atoms with van der Waals surface area (Å²) >= 11 is 0. The molecule has 0 saturated heterocycles. The SMILES string of the molecule is CC[C@H]1CC[C@@H]2C3CC[C@@]4(C)C(CCC[C@@H]4C(=O)COc4nccc5cccnc45)[C@@H]3CC[C@@H]2C1. The molecule has 0 amide bonds. The van der Waals surface area contributed by atoms with E-state index in [4.69, 9.17) is 4.74 Å². The Bertz CT molecular complexity index is 1060. The number of rotatable bonds is 5. The van der Waals surface area contributed by atoms with E-state index in [1.54, 1.807) is 12.4 Å². The van der Waals surface area contributed by atoms with E-state index in [1.807, 2.05) is 18.2 Å². The predicted molar refractivity (Wildman–Crippen MR) is 139 cm³/mol. The Morgan fingerprint density at radius 3 is 2.77 bits per heavy atom. The van der Waals surface area contributed by atoms with Crippen molar-refractivity contribution in [2.75, 3.05) is 6.61 Å². The van der Waals surface area contributed by atoms with Crippen molar-refractivity contribution in [3.8, 4) is 5.88 Å². The van der Waals surface area contributed by atoms with Gasteiger partial charge in [0.2, 0.25) is 5.88 Å². The molecule has 35 heavy (non-hydrogen) atoms. The monoisotopic (exact) mass is 474 g/mol. The van der Waals surface area contributed by atoms with Gasteiger partial charge in [-0.05, 0) is 104 Å². The molecule has 0 aromatic carbocycles. The summed E-state index contributed by atoms with van der Waals surface area (Å²) in [4.78, 5) is 22.5. The molecule has 0 radical (unpaired) electrons. The van der Waals surface area contributed by atoms with Gasteiger partial charge in [0.1, 0.15) is 12.1 Å². The van der Waals surface area contributed by atoms with E-state index in [0.29, 0.717) is 11.8 Å². The van der Waals surface area contributed by atoms with E-state index in [2.05, 4.69) is 23.8 Å². The minimum Gasteiger partial charge on any atom is -0.468 e. The van der Waals surface area contributed by atoms with Crippen LogP contribution in [0.4, 0.5) is 0 Å². The van der Waals surface area contributed by atoms with Crippen LogP contribution in [0.2, 0.25) is 0 Å². The normalized spacial score (nSPS) is 38.7. The molecule has 6 rings (SSSR count). The number of ketones is 1. The van der Waals surface area contributed by atoms with E-state index in [9.17, 15) is 4.79 Å². The molecule has 2 heterocycles. The van der Waals surface area contributed by atoms with Gasteiger partial charge in [-0.3, -0.25) is 9.78 Å². The van der Waals surface area contributed by atoms with Crippen molar-refractivity contribution in [2.45, 2.75) is 84.5 Å². The lowest BCUT2D eigenvalue weighted by atomic mass is 9.44. The molecule has 8 atom stereocenters. The lowest BCUT2D eigenvalue weighted by Gasteiger charge is -2.60. The van der Waals surface area contributed by atoms with Crippen LogP contribution in [0.1, 0.15) is 84.5 Å². The maximum atomic E-state index is 13.7. The zero-order chi connectivity index (χ0) is 24.0. The Morgan fingerprint density at radius 1 is 1.00 bits per heavy atom. The topological polar surface area (TPSA) is 52.1 Å². The number of fused-ring (bicyclic) bond motifs is 6. The molecule has 2 aromatic rings. The van der Waals surface area contributed by atoms with Crippen LogP contribution < -0.4 is 4.74 Å². The molecule has 0 bridgehead atoms. The first-order valence-corrected chi connectivity index (χ1v) is 14.4. The molecule has 4 aliphatic carbocycles. The second kappa shape index (κ2) is 9.48. The number of pyridine rings is 2. The lowest BCUT2D eigenvalue weighted by molar-refractivity contribution is -0.146. The number of ether oxygens (including phenoxy) is 1. The third-order valence-electron chi connectivity index (χ3n) is 11.1. The summed E-state index contributed by atoms with van der Waals surface area (Å²) in [5.74, 6) is 6.28. The van der Waals surface area contributed by atoms with Gasteiger partial charge in [-0.2, -0.15) is 0 Å². The Kier molecular flexibility index (Phi) is 6.35. The lowest BCUT2D eigenvalue weighted by Crippen LogP contribution is -2.54. The number of hydrogen-bond acceptors (Lipinski definition) is 4. The summed E-state index contributed by atoms with van der Waals surface area (Å²) in [6.07, 6.45) is 18.2. The molecule has 4 nitrogen and oxygen atoms in total. The Balaban J connectivity index is 1.16. The first-order valence-electron chi connectivity index (χ1n) is 14.4. The highest BCUT2D eigenvalue weighted by molar-refractivity contribution is 5.85. The second-order valence-electron chi connectivity index (χ2n) is 12.5. The quantitative estimate of drug-likeness (QED) is 0.457. The van der Waals surface area contributed by atoms with Gasteiger partial charge in [0.05, 0.1) is 0 Å². The van der Waals surface area contributed by atoms with Gasteiger partial charge in [-0.1, -0.05) is 39.2 Å². The molecule has 188 valence electrons. The van der Waals surface area contributed by atoms with Gasteiger partial charge in [-0.15, -0.1) is 0 Å². The molecule has 0 spiro atoms. The summed E-state index contributed by atoms with van der Waals surface area (Å²) in [5.41, 5.74) is 0.878. The molecule has 2 aromatic heterocycles. The largest absolute Gasteiger partial charge is 0.468 e. The van der Waals surface area contributed by atoms with Gasteiger partial charge in [0, 0.05) is 23.7 Å². The molecule has 0 N–H and O–H groups in total. The molecular weight excluding hydrogens is 432 g/mol. The van der Waals surface area contributed by atoms with Crippen LogP contribution in [0.15, 0.2) is 30.6 Å². The summed E-state index contributed by atoms with van der Waals surface area (Å²) < 4.78 is 6.03. The van der Waals surface area contributed by atoms with Gasteiger partial charge >= 0.3 is 0 Å². The summed E-state index contributed by atoms with van der Waals surface area (Å²) in [7, 11) is 0. The first kappa shape index (κ1) is 23.4. The summed E-state index contributed by atoms with van der Waals surface area (Å²) in [6, 6.07) is 5.86. The maximum absolute atomic E-state index is 13.7. The van der Waals surface area contributed by atoms with Gasteiger partial charge in [0.15, 0.2) is 5.78 Å². The Labute approximate surface area is 210 Å². The Hall–Kier alpha value is -1.97. The molecular formula is C31H42N2O2. The number of nitrogens with zero attached hydrogens (tertiary/aromatic N) is 2. The number of carbonyl (C=O) groups excluding carboxylic acids is 1. The van der Waals surface area contributed by atoms with Crippen molar-refractivity contribution in [1.82, 2.24) is 9.97 Å². The van der Waals surface area contributed by atoms with E-state index in [0.717, 1.165) is 46.9 Å². The Morgan fingerprint density at radius 2 is 1.89 bits per heavy atom. The predicted octanol–water partition coefficient (Wildman–Crippen LogP) is 7.26. The van der Waals surface area contributed by atoms with E-state index < -0.39 is 0 Å². The average molecular weight is 475 g/mol.